The molecular weight excluding hydrogens is 323 g/mol. The van der Waals surface area contributed by atoms with E-state index in [0.717, 1.165) is 29.6 Å². The fraction of sp³-hybridized carbons (Fsp3) is 1.00. The predicted octanol–water partition coefficient (Wildman–Crippen LogP) is 6.07. The van der Waals surface area contributed by atoms with Crippen molar-refractivity contribution in [2.24, 2.45) is 29.6 Å². The van der Waals surface area contributed by atoms with Gasteiger partial charge in [-0.2, -0.15) is 0 Å². The highest BCUT2D eigenvalue weighted by molar-refractivity contribution is 7.50. The molecule has 0 amide bonds. The second-order valence-corrected chi connectivity index (χ2v) is 21.0. The minimum absolute atomic E-state index is 0.661. The van der Waals surface area contributed by atoms with E-state index in [2.05, 4.69) is 39.3 Å². The molecule has 0 unspecified atom stereocenters. The molecule has 4 fully saturated rings. The van der Waals surface area contributed by atoms with E-state index < -0.39 is 25.0 Å². The van der Waals surface area contributed by atoms with Crippen LogP contribution in [0.3, 0.4) is 0 Å². The van der Waals surface area contributed by atoms with Crippen LogP contribution in [0, 0.1) is 29.6 Å². The summed E-state index contributed by atoms with van der Waals surface area (Å²) in [5.41, 5.74) is 0. The largest absolute Gasteiger partial charge is 0.376 e. The SMILES string of the molecule is C[Si](C)(C)OP(CC1C2CC3CC(C2)CC1C3)O[Si](C)(C)C. The summed E-state index contributed by atoms with van der Waals surface area (Å²) in [6.45, 7) is 13.9. The van der Waals surface area contributed by atoms with Crippen molar-refractivity contribution in [1.29, 1.82) is 0 Å². The van der Waals surface area contributed by atoms with Crippen LogP contribution < -0.4 is 0 Å². The van der Waals surface area contributed by atoms with Gasteiger partial charge in [0.15, 0.2) is 16.6 Å². The summed E-state index contributed by atoms with van der Waals surface area (Å²) in [5.74, 6) is 5.04. The third-order valence-corrected chi connectivity index (χ3v) is 12.3. The summed E-state index contributed by atoms with van der Waals surface area (Å²) in [7, 11) is -3.70. The fourth-order valence-electron chi connectivity index (χ4n) is 5.21. The highest BCUT2D eigenvalue weighted by Crippen LogP contribution is 2.60. The Bertz CT molecular complexity index is 358. The van der Waals surface area contributed by atoms with E-state index in [0.29, 0.717) is 0 Å². The van der Waals surface area contributed by atoms with Gasteiger partial charge < -0.3 is 8.43 Å². The van der Waals surface area contributed by atoms with Crippen LogP contribution in [0.5, 0.6) is 0 Å². The van der Waals surface area contributed by atoms with Crippen LogP contribution in [-0.4, -0.2) is 22.8 Å². The first kappa shape index (κ1) is 17.6. The Kier molecular flexibility index (Phi) is 5.01. The molecular formula is C17H35O2PSi2. The standard InChI is InChI=1S/C17H35O2PSi2/c1-21(2,3)18-20(19-22(4,5)6)12-17-15-8-13-7-14(10-15)11-16(17)9-13/h13-17H,7-12H2,1-6H3. The van der Waals surface area contributed by atoms with Gasteiger partial charge in [0, 0.05) is 6.16 Å². The Balaban J connectivity index is 1.67. The molecule has 0 atom stereocenters. The van der Waals surface area contributed by atoms with E-state index >= 15 is 0 Å². The normalized spacial score (nSPS) is 38.0. The van der Waals surface area contributed by atoms with Crippen molar-refractivity contribution >= 4 is 25.0 Å². The van der Waals surface area contributed by atoms with Crippen molar-refractivity contribution in [2.45, 2.75) is 71.4 Å². The van der Waals surface area contributed by atoms with Gasteiger partial charge in [-0.05, 0) is 101 Å². The molecule has 0 N–H and O–H groups in total. The smallest absolute Gasteiger partial charge is 0.191 e. The molecule has 4 aliphatic rings. The second kappa shape index (κ2) is 6.26. The van der Waals surface area contributed by atoms with Crippen molar-refractivity contribution in [3.63, 3.8) is 0 Å². The van der Waals surface area contributed by atoms with Gasteiger partial charge in [0.2, 0.25) is 0 Å². The topological polar surface area (TPSA) is 18.5 Å². The van der Waals surface area contributed by atoms with Crippen LogP contribution >= 0.6 is 8.38 Å². The first-order valence-corrected chi connectivity index (χ1v) is 17.4. The lowest BCUT2D eigenvalue weighted by Crippen LogP contribution is -2.46. The molecule has 4 rings (SSSR count). The van der Waals surface area contributed by atoms with Gasteiger partial charge in [-0.3, -0.25) is 0 Å². The van der Waals surface area contributed by atoms with Gasteiger partial charge in [0.25, 0.3) is 0 Å². The molecule has 2 nitrogen and oxygen atoms in total. The minimum atomic E-state index is -1.52. The molecule has 4 saturated carbocycles. The van der Waals surface area contributed by atoms with Gasteiger partial charge >= 0.3 is 0 Å². The Morgan fingerprint density at radius 2 is 1.14 bits per heavy atom. The third kappa shape index (κ3) is 4.44. The fourth-order valence-corrected chi connectivity index (χ4v) is 12.1. The van der Waals surface area contributed by atoms with E-state index in [4.69, 9.17) is 8.43 Å². The van der Waals surface area contributed by atoms with Crippen molar-refractivity contribution in [2.75, 3.05) is 6.16 Å². The highest BCUT2D eigenvalue weighted by Gasteiger charge is 2.49. The maximum absolute atomic E-state index is 6.54. The van der Waals surface area contributed by atoms with Crippen molar-refractivity contribution in [3.05, 3.63) is 0 Å². The molecule has 0 aliphatic heterocycles. The zero-order chi connectivity index (χ0) is 16.1. The van der Waals surface area contributed by atoms with Crippen LogP contribution in [0.15, 0.2) is 0 Å². The molecule has 128 valence electrons. The number of hydrogen-bond acceptors (Lipinski definition) is 2. The Labute approximate surface area is 140 Å². The number of hydrogen-bond donors (Lipinski definition) is 0. The zero-order valence-corrected chi connectivity index (χ0v) is 18.3. The molecule has 4 aliphatic carbocycles. The van der Waals surface area contributed by atoms with E-state index in [9.17, 15) is 0 Å². The lowest BCUT2D eigenvalue weighted by Gasteiger charge is -2.55. The molecule has 5 heteroatoms. The van der Waals surface area contributed by atoms with Crippen LogP contribution in [0.2, 0.25) is 39.3 Å². The van der Waals surface area contributed by atoms with Crippen molar-refractivity contribution < 1.29 is 8.43 Å². The van der Waals surface area contributed by atoms with Crippen LogP contribution in [0.4, 0.5) is 0 Å². The molecule has 0 spiro atoms. The molecule has 0 saturated heterocycles. The molecule has 22 heavy (non-hydrogen) atoms. The maximum atomic E-state index is 6.54. The average Bonchev–Trinajstić information content (AvgIpc) is 2.28. The summed E-state index contributed by atoms with van der Waals surface area (Å²) in [6.07, 6.45) is 8.84. The molecule has 0 aromatic heterocycles. The van der Waals surface area contributed by atoms with Gasteiger partial charge in [-0.25, -0.2) is 0 Å². The molecule has 4 bridgehead atoms. The maximum Gasteiger partial charge on any atom is 0.191 e. The van der Waals surface area contributed by atoms with Crippen LogP contribution in [0.25, 0.3) is 0 Å². The molecule has 0 heterocycles. The predicted molar refractivity (Wildman–Crippen MR) is 101 cm³/mol. The molecule has 0 aromatic carbocycles. The number of rotatable bonds is 6. The average molecular weight is 359 g/mol. The zero-order valence-electron chi connectivity index (χ0n) is 15.4. The van der Waals surface area contributed by atoms with Crippen molar-refractivity contribution in [1.82, 2.24) is 0 Å². The Hall–Kier alpha value is 0.784. The Morgan fingerprint density at radius 1 is 0.727 bits per heavy atom. The van der Waals surface area contributed by atoms with Crippen LogP contribution in [-0.2, 0) is 8.43 Å². The summed E-state index contributed by atoms with van der Waals surface area (Å²) in [4.78, 5) is 0. The van der Waals surface area contributed by atoms with E-state index in [1.807, 2.05) is 0 Å². The van der Waals surface area contributed by atoms with Crippen molar-refractivity contribution in [3.8, 4) is 0 Å². The first-order valence-electron chi connectivity index (χ1n) is 9.25. The summed E-state index contributed by atoms with van der Waals surface area (Å²) < 4.78 is 13.1. The van der Waals surface area contributed by atoms with E-state index in [1.54, 1.807) is 6.42 Å². The van der Waals surface area contributed by atoms with E-state index in [-0.39, 0.29) is 0 Å². The monoisotopic (exact) mass is 358 g/mol. The molecule has 0 aromatic rings. The lowest BCUT2D eigenvalue weighted by molar-refractivity contribution is -0.0275. The first-order chi connectivity index (χ1) is 10.1. The van der Waals surface area contributed by atoms with Gasteiger partial charge in [-0.15, -0.1) is 0 Å². The third-order valence-electron chi connectivity index (χ3n) is 5.53. The molecule has 0 radical (unpaired) electrons. The van der Waals surface area contributed by atoms with E-state index in [1.165, 1.54) is 31.8 Å². The van der Waals surface area contributed by atoms with Gasteiger partial charge in [-0.1, -0.05) is 0 Å². The highest BCUT2D eigenvalue weighted by atomic mass is 31.2. The summed E-state index contributed by atoms with van der Waals surface area (Å²) in [5, 5.41) is 0. The summed E-state index contributed by atoms with van der Waals surface area (Å²) in [6, 6.07) is 0. The summed E-state index contributed by atoms with van der Waals surface area (Å²) >= 11 is 0. The minimum Gasteiger partial charge on any atom is -0.376 e. The Morgan fingerprint density at radius 3 is 1.50 bits per heavy atom. The van der Waals surface area contributed by atoms with Gasteiger partial charge in [0.05, 0.1) is 0 Å². The lowest BCUT2D eigenvalue weighted by atomic mass is 9.52. The second-order valence-electron chi connectivity index (χ2n) is 10.0. The van der Waals surface area contributed by atoms with Gasteiger partial charge in [0.1, 0.15) is 8.38 Å². The quantitative estimate of drug-likeness (QED) is 0.423. The van der Waals surface area contributed by atoms with Crippen LogP contribution in [0.1, 0.15) is 32.1 Å².